The number of likely N-dealkylation sites (tertiary alicyclic amines) is 1. The average molecular weight is 427 g/mol. The number of alkyl halides is 3. The molecule has 3 unspecified atom stereocenters. The van der Waals surface area contributed by atoms with Crippen LogP contribution in [-0.4, -0.2) is 79.0 Å². The van der Waals surface area contributed by atoms with Gasteiger partial charge in [0.2, 0.25) is 17.7 Å². The summed E-state index contributed by atoms with van der Waals surface area (Å²) in [6.45, 7) is 0.307. The lowest BCUT2D eigenvalue weighted by atomic mass is 9.81. The maximum absolute atomic E-state index is 13.4. The Morgan fingerprint density at radius 1 is 1.11 bits per heavy atom. The second kappa shape index (κ2) is 9.41. The van der Waals surface area contributed by atoms with Crippen molar-refractivity contribution in [2.75, 3.05) is 39.3 Å². The van der Waals surface area contributed by atoms with Crippen LogP contribution in [0.5, 0.6) is 0 Å². The van der Waals surface area contributed by atoms with Gasteiger partial charge < -0.3 is 10.6 Å². The number of hydrogen-bond acceptors (Lipinski definition) is 5. The van der Waals surface area contributed by atoms with Gasteiger partial charge in [0.05, 0.1) is 11.8 Å². The maximum atomic E-state index is 13.4. The highest BCUT2D eigenvalue weighted by molar-refractivity contribution is 6.07. The molecule has 7 nitrogen and oxygen atoms in total. The van der Waals surface area contributed by atoms with E-state index in [0.29, 0.717) is 25.9 Å². The molecule has 1 aliphatic carbocycles. The van der Waals surface area contributed by atoms with Crippen LogP contribution in [0.15, 0.2) is 0 Å². The molecule has 0 aromatic heterocycles. The molecule has 0 spiro atoms. The third kappa shape index (κ3) is 4.96. The van der Waals surface area contributed by atoms with Gasteiger partial charge in [0, 0.05) is 32.7 Å². The zero-order valence-electron chi connectivity index (χ0n) is 15.5. The Kier molecular flexibility index (Phi) is 7.69. The monoisotopic (exact) mass is 426 g/mol. The maximum Gasteiger partial charge on any atom is 0.405 e. The van der Waals surface area contributed by atoms with E-state index in [1.165, 1.54) is 4.90 Å². The second-order valence-electron chi connectivity index (χ2n) is 7.41. The van der Waals surface area contributed by atoms with Crippen molar-refractivity contribution < 1.29 is 27.6 Å². The fourth-order valence-corrected chi connectivity index (χ4v) is 4.24. The van der Waals surface area contributed by atoms with E-state index >= 15 is 0 Å². The first-order valence-corrected chi connectivity index (χ1v) is 9.42. The van der Waals surface area contributed by atoms with Gasteiger partial charge >= 0.3 is 6.18 Å². The number of hydrogen-bond donors (Lipinski definition) is 2. The SMILES string of the molecule is Cl.O=C(CN1C(=O)C2CCCCC2C1=O)NCC(N1CCNCC1)C(F)(F)F. The Morgan fingerprint density at radius 3 is 2.14 bits per heavy atom. The first-order chi connectivity index (χ1) is 12.8. The lowest BCUT2D eigenvalue weighted by Gasteiger charge is -2.36. The van der Waals surface area contributed by atoms with Crippen molar-refractivity contribution in [3.05, 3.63) is 0 Å². The molecule has 2 saturated heterocycles. The predicted octanol–water partition coefficient (Wildman–Crippen LogP) is 0.536. The van der Waals surface area contributed by atoms with Gasteiger partial charge in [0.25, 0.3) is 0 Å². The number of rotatable bonds is 5. The first-order valence-electron chi connectivity index (χ1n) is 9.42. The summed E-state index contributed by atoms with van der Waals surface area (Å²) in [5.41, 5.74) is 0. The third-order valence-corrected chi connectivity index (χ3v) is 5.70. The summed E-state index contributed by atoms with van der Waals surface area (Å²) in [7, 11) is 0. The van der Waals surface area contributed by atoms with Gasteiger partial charge in [-0.15, -0.1) is 12.4 Å². The minimum Gasteiger partial charge on any atom is -0.353 e. The summed E-state index contributed by atoms with van der Waals surface area (Å²) in [5, 5.41) is 5.26. The van der Waals surface area contributed by atoms with Crippen LogP contribution >= 0.6 is 12.4 Å². The van der Waals surface area contributed by atoms with Crippen LogP contribution < -0.4 is 10.6 Å². The van der Waals surface area contributed by atoms with E-state index < -0.39 is 31.2 Å². The van der Waals surface area contributed by atoms with Crippen molar-refractivity contribution in [1.29, 1.82) is 0 Å². The number of fused-ring (bicyclic) bond motifs is 1. The Labute approximate surface area is 167 Å². The summed E-state index contributed by atoms with van der Waals surface area (Å²) in [4.78, 5) is 39.1. The molecule has 0 radical (unpaired) electrons. The molecule has 2 aliphatic heterocycles. The largest absolute Gasteiger partial charge is 0.405 e. The highest BCUT2D eigenvalue weighted by atomic mass is 35.5. The minimum atomic E-state index is -4.47. The number of nitrogens with zero attached hydrogens (tertiary/aromatic N) is 2. The topological polar surface area (TPSA) is 81.8 Å². The molecule has 3 rings (SSSR count). The quantitative estimate of drug-likeness (QED) is 0.627. The van der Waals surface area contributed by atoms with Crippen LogP contribution in [0.1, 0.15) is 25.7 Å². The molecule has 0 bridgehead atoms. The summed E-state index contributed by atoms with van der Waals surface area (Å²) >= 11 is 0. The van der Waals surface area contributed by atoms with Crippen molar-refractivity contribution in [3.8, 4) is 0 Å². The molecule has 3 fully saturated rings. The summed E-state index contributed by atoms with van der Waals surface area (Å²) < 4.78 is 40.1. The van der Waals surface area contributed by atoms with E-state index in [0.717, 1.165) is 17.7 Å². The number of carbonyl (C=O) groups is 3. The van der Waals surface area contributed by atoms with Crippen LogP contribution in [0, 0.1) is 11.8 Å². The molecular weight excluding hydrogens is 401 g/mol. The lowest BCUT2D eigenvalue weighted by molar-refractivity contribution is -0.184. The van der Waals surface area contributed by atoms with E-state index in [-0.39, 0.29) is 49.1 Å². The van der Waals surface area contributed by atoms with Crippen molar-refractivity contribution in [3.63, 3.8) is 0 Å². The number of piperazine rings is 1. The number of amides is 3. The molecule has 3 amide bonds. The first kappa shape index (κ1) is 22.9. The normalized spacial score (nSPS) is 27.2. The van der Waals surface area contributed by atoms with E-state index in [4.69, 9.17) is 0 Å². The molecule has 0 aromatic carbocycles. The molecule has 3 atom stereocenters. The zero-order valence-corrected chi connectivity index (χ0v) is 16.3. The Hall–Kier alpha value is -1.39. The average Bonchev–Trinajstić information content (AvgIpc) is 2.87. The molecule has 28 heavy (non-hydrogen) atoms. The van der Waals surface area contributed by atoms with Crippen LogP contribution in [0.2, 0.25) is 0 Å². The van der Waals surface area contributed by atoms with Crippen molar-refractivity contribution in [1.82, 2.24) is 20.4 Å². The molecule has 11 heteroatoms. The molecular formula is C17H26ClF3N4O3. The van der Waals surface area contributed by atoms with Gasteiger partial charge in [-0.05, 0) is 12.8 Å². The van der Waals surface area contributed by atoms with Crippen LogP contribution in [0.4, 0.5) is 13.2 Å². The molecule has 1 saturated carbocycles. The highest BCUT2D eigenvalue weighted by Crippen LogP contribution is 2.37. The summed E-state index contributed by atoms with van der Waals surface area (Å²) in [5.74, 6) is -2.21. The number of halogens is 4. The third-order valence-electron chi connectivity index (χ3n) is 5.70. The Balaban J connectivity index is 0.00000280. The smallest absolute Gasteiger partial charge is 0.353 e. The Morgan fingerprint density at radius 2 is 1.64 bits per heavy atom. The van der Waals surface area contributed by atoms with Crippen molar-refractivity contribution >= 4 is 30.1 Å². The molecule has 2 N–H and O–H groups in total. The zero-order chi connectivity index (χ0) is 19.6. The second-order valence-corrected chi connectivity index (χ2v) is 7.41. The van der Waals surface area contributed by atoms with E-state index in [1.54, 1.807) is 0 Å². The minimum absolute atomic E-state index is 0. The van der Waals surface area contributed by atoms with Crippen LogP contribution in [0.3, 0.4) is 0 Å². The molecule has 2 heterocycles. The predicted molar refractivity (Wildman–Crippen MR) is 96.7 cm³/mol. The van der Waals surface area contributed by atoms with Gasteiger partial charge in [0.15, 0.2) is 0 Å². The van der Waals surface area contributed by atoms with E-state index in [9.17, 15) is 27.6 Å². The Bertz CT molecular complexity index is 575. The van der Waals surface area contributed by atoms with Gasteiger partial charge in [-0.25, -0.2) is 0 Å². The fourth-order valence-electron chi connectivity index (χ4n) is 4.24. The van der Waals surface area contributed by atoms with E-state index in [1.807, 2.05) is 0 Å². The van der Waals surface area contributed by atoms with Gasteiger partial charge in [-0.1, -0.05) is 12.8 Å². The number of nitrogens with one attached hydrogen (secondary N) is 2. The van der Waals surface area contributed by atoms with Crippen LogP contribution in [-0.2, 0) is 14.4 Å². The van der Waals surface area contributed by atoms with Crippen molar-refractivity contribution in [2.45, 2.75) is 37.9 Å². The highest BCUT2D eigenvalue weighted by Gasteiger charge is 2.49. The van der Waals surface area contributed by atoms with Gasteiger partial charge in [-0.3, -0.25) is 24.2 Å². The van der Waals surface area contributed by atoms with Crippen LogP contribution in [0.25, 0.3) is 0 Å². The summed E-state index contributed by atoms with van der Waals surface area (Å²) in [6, 6.07) is -1.78. The van der Waals surface area contributed by atoms with Gasteiger partial charge in [0.1, 0.15) is 12.6 Å². The number of carbonyl (C=O) groups excluding carboxylic acids is 3. The molecule has 0 aromatic rings. The van der Waals surface area contributed by atoms with E-state index in [2.05, 4.69) is 10.6 Å². The lowest BCUT2D eigenvalue weighted by Crippen LogP contribution is -2.58. The number of imide groups is 1. The standard InChI is InChI=1S/C17H25F3N4O3.ClH/c18-17(19,20)13(23-7-5-21-6-8-23)9-22-14(25)10-24-15(26)11-3-1-2-4-12(11)16(24)27;/h11-13,21H,1-10H2,(H,22,25);1H. The van der Waals surface area contributed by atoms with Gasteiger partial charge in [-0.2, -0.15) is 13.2 Å². The summed E-state index contributed by atoms with van der Waals surface area (Å²) in [6.07, 6.45) is -1.46. The molecule has 160 valence electrons. The van der Waals surface area contributed by atoms with Crippen molar-refractivity contribution in [2.24, 2.45) is 11.8 Å². The fraction of sp³-hybridized carbons (Fsp3) is 0.824. The molecule has 3 aliphatic rings.